The molecule has 51 heavy (non-hydrogen) atoms. The molecule has 0 atom stereocenters. The van der Waals surface area contributed by atoms with Crippen molar-refractivity contribution in [2.45, 2.75) is 65.2 Å². The van der Waals surface area contributed by atoms with Gasteiger partial charge >= 0.3 is 0 Å². The van der Waals surface area contributed by atoms with Gasteiger partial charge in [0.05, 0.1) is 11.0 Å². The van der Waals surface area contributed by atoms with Crippen LogP contribution in [0.3, 0.4) is 0 Å². The van der Waals surface area contributed by atoms with Crippen LogP contribution >= 0.6 is 0 Å². The van der Waals surface area contributed by atoms with Crippen molar-refractivity contribution in [1.82, 2.24) is 4.57 Å². The molecular weight excluding hydrogens is 615 g/mol. The molecular formula is C50H47N. The number of fused-ring (bicyclic) bond motifs is 6. The molecule has 0 fully saturated rings. The summed E-state index contributed by atoms with van der Waals surface area (Å²) in [5.41, 5.74) is 19.2. The van der Waals surface area contributed by atoms with Gasteiger partial charge in [-0.1, -0.05) is 131 Å². The molecule has 2 aliphatic rings. The van der Waals surface area contributed by atoms with E-state index in [2.05, 4.69) is 148 Å². The third-order valence-corrected chi connectivity index (χ3v) is 10.9. The second kappa shape index (κ2) is 13.1. The highest BCUT2D eigenvalue weighted by atomic mass is 15.0. The predicted octanol–water partition coefficient (Wildman–Crippen LogP) is 14.1. The van der Waals surface area contributed by atoms with Gasteiger partial charge in [-0.3, -0.25) is 0 Å². The Kier molecular flexibility index (Phi) is 8.39. The van der Waals surface area contributed by atoms with E-state index in [-0.39, 0.29) is 5.41 Å². The molecule has 1 heteroatoms. The smallest absolute Gasteiger partial charge is 0.0544 e. The second-order valence-electron chi connectivity index (χ2n) is 15.2. The van der Waals surface area contributed by atoms with Crippen molar-refractivity contribution in [3.8, 4) is 27.9 Å². The maximum absolute atomic E-state index is 4.50. The van der Waals surface area contributed by atoms with Crippen LogP contribution in [0, 0.1) is 0 Å². The van der Waals surface area contributed by atoms with E-state index in [0.717, 1.165) is 23.1 Å². The SMILES string of the molecule is C=Cc1cccc(-c2cccc3c2-c2ccc(-n4c5ccccc5c5cc(C6=CCCCC6)c(C(C)(C)C)cc54)cc2C3)c1C(=C)/C=C\C=C/C. The lowest BCUT2D eigenvalue weighted by atomic mass is 9.79. The van der Waals surface area contributed by atoms with Crippen LogP contribution in [0.5, 0.6) is 0 Å². The quantitative estimate of drug-likeness (QED) is 0.150. The summed E-state index contributed by atoms with van der Waals surface area (Å²) in [5.74, 6) is 0. The highest BCUT2D eigenvalue weighted by Crippen LogP contribution is 2.47. The maximum Gasteiger partial charge on any atom is 0.0544 e. The normalized spacial score (nSPS) is 14.4. The van der Waals surface area contributed by atoms with Crippen LogP contribution in [0.15, 0.2) is 135 Å². The molecule has 1 aromatic heterocycles. The van der Waals surface area contributed by atoms with E-state index >= 15 is 0 Å². The van der Waals surface area contributed by atoms with Crippen LogP contribution in [0.4, 0.5) is 0 Å². The second-order valence-corrected chi connectivity index (χ2v) is 15.2. The molecule has 0 amide bonds. The predicted molar refractivity (Wildman–Crippen MR) is 223 cm³/mol. The lowest BCUT2D eigenvalue weighted by molar-refractivity contribution is 0.588. The molecule has 2 aliphatic carbocycles. The first-order chi connectivity index (χ1) is 24.8. The van der Waals surface area contributed by atoms with E-state index in [9.17, 15) is 0 Å². The van der Waals surface area contributed by atoms with E-state index in [0.29, 0.717) is 0 Å². The van der Waals surface area contributed by atoms with Crippen LogP contribution in [0.2, 0.25) is 0 Å². The van der Waals surface area contributed by atoms with E-state index in [4.69, 9.17) is 0 Å². The average molecular weight is 662 g/mol. The first kappa shape index (κ1) is 32.8. The molecule has 0 bridgehead atoms. The molecule has 1 nitrogen and oxygen atoms in total. The zero-order valence-electron chi connectivity index (χ0n) is 30.5. The minimum absolute atomic E-state index is 0.0224. The zero-order chi connectivity index (χ0) is 35.3. The molecule has 0 radical (unpaired) electrons. The first-order valence-electron chi connectivity index (χ1n) is 18.6. The fourth-order valence-corrected chi connectivity index (χ4v) is 8.56. The Bertz CT molecular complexity index is 2460. The number of benzene rings is 5. The number of hydrogen-bond acceptors (Lipinski definition) is 0. The Labute approximate surface area is 303 Å². The number of allylic oxidation sites excluding steroid dienone is 7. The molecule has 252 valence electrons. The minimum Gasteiger partial charge on any atom is -0.309 e. The molecule has 1 heterocycles. The Hall–Kier alpha value is -5.40. The topological polar surface area (TPSA) is 4.93 Å². The molecule has 0 spiro atoms. The van der Waals surface area contributed by atoms with Crippen LogP contribution in [-0.4, -0.2) is 4.57 Å². The summed E-state index contributed by atoms with van der Waals surface area (Å²) in [5, 5.41) is 2.65. The minimum atomic E-state index is 0.0224. The summed E-state index contributed by atoms with van der Waals surface area (Å²) in [6.07, 6.45) is 18.5. The van der Waals surface area contributed by atoms with Crippen molar-refractivity contribution in [3.05, 3.63) is 168 Å². The van der Waals surface area contributed by atoms with E-state index < -0.39 is 0 Å². The fraction of sp³-hybridized carbons (Fsp3) is 0.200. The molecule has 0 saturated carbocycles. The van der Waals surface area contributed by atoms with Crippen LogP contribution in [0.25, 0.3) is 67.0 Å². The number of rotatable bonds is 7. The lowest BCUT2D eigenvalue weighted by Crippen LogP contribution is -2.15. The van der Waals surface area contributed by atoms with Gasteiger partial charge in [0.1, 0.15) is 0 Å². The van der Waals surface area contributed by atoms with Crippen molar-refractivity contribution in [1.29, 1.82) is 0 Å². The highest BCUT2D eigenvalue weighted by Gasteiger charge is 2.27. The van der Waals surface area contributed by atoms with Gasteiger partial charge in [0.15, 0.2) is 0 Å². The van der Waals surface area contributed by atoms with Crippen LogP contribution in [-0.2, 0) is 11.8 Å². The summed E-state index contributed by atoms with van der Waals surface area (Å²) < 4.78 is 2.51. The van der Waals surface area contributed by atoms with Crippen molar-refractivity contribution < 1.29 is 0 Å². The van der Waals surface area contributed by atoms with Gasteiger partial charge in [0.2, 0.25) is 0 Å². The van der Waals surface area contributed by atoms with Crippen molar-refractivity contribution in [2.24, 2.45) is 0 Å². The molecule has 0 aliphatic heterocycles. The van der Waals surface area contributed by atoms with Gasteiger partial charge in [-0.25, -0.2) is 0 Å². The molecule has 0 unspecified atom stereocenters. The van der Waals surface area contributed by atoms with Gasteiger partial charge < -0.3 is 4.57 Å². The standard InChI is InChI=1S/C50H47N/c1-7-9-11-18-33(3)48-34(8-2)21-16-24-41(48)42-25-17-22-36-29-37-30-38(27-28-39(37)49(36)42)51-46-26-15-14-23-40(46)44-31-43(35-19-12-10-13-20-35)45(32-47(44)51)50(4,5)6/h7-9,11,14-19,21-28,30-32H,2-3,10,12-13,20,29H2,1,4-6H3/b9-7-,18-11-. The Morgan fingerprint density at radius 1 is 0.745 bits per heavy atom. The summed E-state index contributed by atoms with van der Waals surface area (Å²) in [6, 6.07) is 34.4. The first-order valence-corrected chi connectivity index (χ1v) is 18.6. The third-order valence-electron chi connectivity index (χ3n) is 10.9. The summed E-state index contributed by atoms with van der Waals surface area (Å²) in [4.78, 5) is 0. The van der Waals surface area contributed by atoms with E-state index in [1.165, 1.54) is 103 Å². The van der Waals surface area contributed by atoms with Gasteiger partial charge in [-0.2, -0.15) is 0 Å². The lowest BCUT2D eigenvalue weighted by Gasteiger charge is -2.26. The van der Waals surface area contributed by atoms with Crippen molar-refractivity contribution in [2.75, 3.05) is 0 Å². The van der Waals surface area contributed by atoms with E-state index in [1.54, 1.807) is 0 Å². The summed E-state index contributed by atoms with van der Waals surface area (Å²) in [7, 11) is 0. The van der Waals surface area contributed by atoms with E-state index in [1.807, 2.05) is 25.2 Å². The van der Waals surface area contributed by atoms with Crippen molar-refractivity contribution in [3.63, 3.8) is 0 Å². The van der Waals surface area contributed by atoms with Gasteiger partial charge in [0, 0.05) is 16.5 Å². The molecule has 0 saturated heterocycles. The molecule has 0 N–H and O–H groups in total. The highest BCUT2D eigenvalue weighted by molar-refractivity contribution is 6.10. The number of nitrogens with zero attached hydrogens (tertiary/aromatic N) is 1. The van der Waals surface area contributed by atoms with Crippen molar-refractivity contribution >= 4 is 39.0 Å². The fourth-order valence-electron chi connectivity index (χ4n) is 8.56. The van der Waals surface area contributed by atoms with Crippen LogP contribution < -0.4 is 0 Å². The summed E-state index contributed by atoms with van der Waals surface area (Å²) >= 11 is 0. The van der Waals surface area contributed by atoms with Gasteiger partial charge in [-0.05, 0) is 142 Å². The largest absolute Gasteiger partial charge is 0.309 e. The Morgan fingerprint density at radius 2 is 1.57 bits per heavy atom. The molecule has 5 aromatic carbocycles. The molecule has 6 aromatic rings. The average Bonchev–Trinajstić information content (AvgIpc) is 3.69. The summed E-state index contributed by atoms with van der Waals surface area (Å²) in [6.45, 7) is 17.8. The monoisotopic (exact) mass is 661 g/mol. The molecule has 8 rings (SSSR count). The number of para-hydroxylation sites is 1. The zero-order valence-corrected chi connectivity index (χ0v) is 30.5. The number of aromatic nitrogens is 1. The third kappa shape index (κ3) is 5.66. The Balaban J connectivity index is 1.30. The number of hydrogen-bond donors (Lipinski definition) is 0. The Morgan fingerprint density at radius 3 is 2.35 bits per heavy atom. The van der Waals surface area contributed by atoms with Crippen LogP contribution in [0.1, 0.15) is 86.8 Å². The van der Waals surface area contributed by atoms with Gasteiger partial charge in [0.25, 0.3) is 0 Å². The maximum atomic E-state index is 4.50. The van der Waals surface area contributed by atoms with Gasteiger partial charge in [-0.15, -0.1) is 0 Å².